The van der Waals surface area contributed by atoms with E-state index in [1.54, 1.807) is 36.3 Å². The van der Waals surface area contributed by atoms with Gasteiger partial charge in [-0.2, -0.15) is 0 Å². The molecule has 2 aromatic heterocycles. The first-order valence-electron chi connectivity index (χ1n) is 11.1. The number of aryl methyl sites for hydroxylation is 1. The van der Waals surface area contributed by atoms with Gasteiger partial charge in [0, 0.05) is 17.2 Å². The van der Waals surface area contributed by atoms with Crippen LogP contribution in [0.4, 0.5) is 0 Å². The van der Waals surface area contributed by atoms with Crippen LogP contribution in [0.25, 0.3) is 28.5 Å². The van der Waals surface area contributed by atoms with Crippen LogP contribution >= 0.6 is 0 Å². The fourth-order valence-electron chi connectivity index (χ4n) is 3.64. The molecule has 0 radical (unpaired) electrons. The molecule has 0 unspecified atom stereocenters. The van der Waals surface area contributed by atoms with Gasteiger partial charge in [0.2, 0.25) is 5.89 Å². The number of oxazole rings is 1. The minimum atomic E-state index is -0.258. The van der Waals surface area contributed by atoms with Crippen LogP contribution in [0.3, 0.4) is 0 Å². The quantitative estimate of drug-likeness (QED) is 0.370. The lowest BCUT2D eigenvalue weighted by Gasteiger charge is -2.07. The highest BCUT2D eigenvalue weighted by atomic mass is 16.5. The van der Waals surface area contributed by atoms with Crippen molar-refractivity contribution < 1.29 is 13.9 Å². The Kier molecular flexibility index (Phi) is 6.09. The van der Waals surface area contributed by atoms with Crippen LogP contribution in [-0.2, 0) is 6.54 Å². The molecule has 0 saturated heterocycles. The van der Waals surface area contributed by atoms with Crippen LogP contribution in [0.2, 0.25) is 0 Å². The van der Waals surface area contributed by atoms with E-state index in [0.717, 1.165) is 17.0 Å². The SMILES string of the molecule is COc1cccc(-n2cc(CNC(=O)c3ccccc3-c3ncc(-c4ccc(C)cc4)o3)nn2)c1. The third kappa shape index (κ3) is 4.81. The minimum Gasteiger partial charge on any atom is -0.497 e. The number of methoxy groups -OCH3 is 1. The summed E-state index contributed by atoms with van der Waals surface area (Å²) < 4.78 is 12.9. The molecule has 0 aliphatic heterocycles. The highest BCUT2D eigenvalue weighted by molar-refractivity contribution is 6.00. The normalized spacial score (nSPS) is 10.8. The number of benzene rings is 3. The molecule has 0 spiro atoms. The van der Waals surface area contributed by atoms with E-state index in [1.807, 2.05) is 67.6 Å². The third-order valence-corrected chi connectivity index (χ3v) is 5.53. The summed E-state index contributed by atoms with van der Waals surface area (Å²) >= 11 is 0. The Hall–Kier alpha value is -4.72. The number of aromatic nitrogens is 4. The molecule has 174 valence electrons. The monoisotopic (exact) mass is 465 g/mol. The lowest BCUT2D eigenvalue weighted by molar-refractivity contribution is 0.0951. The number of carbonyl (C=O) groups is 1. The van der Waals surface area contributed by atoms with Crippen molar-refractivity contribution in [1.29, 1.82) is 0 Å². The fraction of sp³-hybridized carbons (Fsp3) is 0.111. The van der Waals surface area contributed by atoms with Crippen LogP contribution in [-0.4, -0.2) is 33.0 Å². The molecule has 1 N–H and O–H groups in total. The van der Waals surface area contributed by atoms with Gasteiger partial charge in [-0.05, 0) is 31.2 Å². The summed E-state index contributed by atoms with van der Waals surface area (Å²) in [7, 11) is 1.61. The molecule has 0 atom stereocenters. The summed E-state index contributed by atoms with van der Waals surface area (Å²) in [6.45, 7) is 2.25. The summed E-state index contributed by atoms with van der Waals surface area (Å²) in [5.74, 6) is 1.49. The van der Waals surface area contributed by atoms with Gasteiger partial charge in [0.15, 0.2) is 5.76 Å². The number of hydrogen-bond donors (Lipinski definition) is 1. The molecule has 0 fully saturated rings. The number of hydrogen-bond acceptors (Lipinski definition) is 6. The number of nitrogens with one attached hydrogen (secondary N) is 1. The van der Waals surface area contributed by atoms with Crippen LogP contribution in [0, 0.1) is 6.92 Å². The predicted octanol–water partition coefficient (Wildman–Crippen LogP) is 4.84. The fourth-order valence-corrected chi connectivity index (χ4v) is 3.64. The number of ether oxygens (including phenoxy) is 1. The lowest BCUT2D eigenvalue weighted by Crippen LogP contribution is -2.23. The first-order valence-corrected chi connectivity index (χ1v) is 11.1. The van der Waals surface area contributed by atoms with E-state index in [1.165, 1.54) is 5.56 Å². The Morgan fingerprint density at radius 1 is 1.06 bits per heavy atom. The average Bonchev–Trinajstić information content (AvgIpc) is 3.58. The lowest BCUT2D eigenvalue weighted by atomic mass is 10.1. The highest BCUT2D eigenvalue weighted by Gasteiger charge is 2.17. The number of carbonyl (C=O) groups excluding carboxylic acids is 1. The molecule has 5 rings (SSSR count). The van der Waals surface area contributed by atoms with Crippen molar-refractivity contribution in [3.63, 3.8) is 0 Å². The van der Waals surface area contributed by atoms with E-state index in [9.17, 15) is 4.79 Å². The van der Waals surface area contributed by atoms with Crippen molar-refractivity contribution in [3.05, 3.63) is 102 Å². The van der Waals surface area contributed by atoms with E-state index in [-0.39, 0.29) is 12.5 Å². The molecule has 3 aromatic carbocycles. The highest BCUT2D eigenvalue weighted by Crippen LogP contribution is 2.28. The molecule has 8 nitrogen and oxygen atoms in total. The molecular formula is C27H23N5O3. The Morgan fingerprint density at radius 3 is 2.71 bits per heavy atom. The second kappa shape index (κ2) is 9.64. The van der Waals surface area contributed by atoms with Gasteiger partial charge >= 0.3 is 0 Å². The molecule has 0 bridgehead atoms. The number of nitrogens with zero attached hydrogens (tertiary/aromatic N) is 4. The Labute approximate surface area is 202 Å². The summed E-state index contributed by atoms with van der Waals surface area (Å²) in [6.07, 6.45) is 3.44. The zero-order chi connectivity index (χ0) is 24.2. The van der Waals surface area contributed by atoms with Crippen LogP contribution in [0.1, 0.15) is 21.6 Å². The smallest absolute Gasteiger partial charge is 0.252 e. The molecule has 0 aliphatic carbocycles. The van der Waals surface area contributed by atoms with Crippen molar-refractivity contribution in [2.45, 2.75) is 13.5 Å². The van der Waals surface area contributed by atoms with E-state index in [4.69, 9.17) is 9.15 Å². The Morgan fingerprint density at radius 2 is 1.89 bits per heavy atom. The van der Waals surface area contributed by atoms with Gasteiger partial charge in [-0.15, -0.1) is 5.10 Å². The van der Waals surface area contributed by atoms with Crippen molar-refractivity contribution in [3.8, 4) is 34.2 Å². The topological polar surface area (TPSA) is 95.1 Å². The van der Waals surface area contributed by atoms with Gasteiger partial charge in [-0.25, -0.2) is 9.67 Å². The standard InChI is InChI=1S/C27H23N5O3/c1-18-10-12-19(13-11-18)25-16-29-27(35-25)24-9-4-3-8-23(24)26(33)28-15-20-17-32(31-30-20)21-6-5-7-22(14-21)34-2/h3-14,16-17H,15H2,1-2H3,(H,28,33). The molecular weight excluding hydrogens is 442 g/mol. The summed E-state index contributed by atoms with van der Waals surface area (Å²) in [5, 5.41) is 11.2. The van der Waals surface area contributed by atoms with Crippen molar-refractivity contribution in [2.75, 3.05) is 7.11 Å². The minimum absolute atomic E-state index is 0.220. The summed E-state index contributed by atoms with van der Waals surface area (Å²) in [5.41, 5.74) is 4.60. The maximum absolute atomic E-state index is 13.0. The Bertz CT molecular complexity index is 1470. The third-order valence-electron chi connectivity index (χ3n) is 5.53. The maximum Gasteiger partial charge on any atom is 0.252 e. The largest absolute Gasteiger partial charge is 0.497 e. The molecule has 1 amide bonds. The van der Waals surface area contributed by atoms with Crippen LogP contribution < -0.4 is 10.1 Å². The molecule has 0 aliphatic rings. The van der Waals surface area contributed by atoms with Gasteiger partial charge in [-0.3, -0.25) is 4.79 Å². The van der Waals surface area contributed by atoms with E-state index in [0.29, 0.717) is 28.5 Å². The van der Waals surface area contributed by atoms with Crippen molar-refractivity contribution >= 4 is 5.91 Å². The second-order valence-electron chi connectivity index (χ2n) is 7.98. The Balaban J connectivity index is 1.31. The van der Waals surface area contributed by atoms with Crippen molar-refractivity contribution in [1.82, 2.24) is 25.3 Å². The van der Waals surface area contributed by atoms with Gasteiger partial charge in [0.05, 0.1) is 37.3 Å². The van der Waals surface area contributed by atoms with Crippen LogP contribution in [0.15, 0.2) is 89.6 Å². The number of rotatable bonds is 7. The van der Waals surface area contributed by atoms with Gasteiger partial charge in [0.1, 0.15) is 11.4 Å². The molecule has 0 saturated carbocycles. The molecule has 8 heteroatoms. The first kappa shape index (κ1) is 22.1. The molecule has 5 aromatic rings. The maximum atomic E-state index is 13.0. The first-order chi connectivity index (χ1) is 17.1. The zero-order valence-corrected chi connectivity index (χ0v) is 19.3. The number of amides is 1. The van der Waals surface area contributed by atoms with E-state index >= 15 is 0 Å². The summed E-state index contributed by atoms with van der Waals surface area (Å²) in [4.78, 5) is 17.4. The molecule has 2 heterocycles. The van der Waals surface area contributed by atoms with Crippen LogP contribution in [0.5, 0.6) is 5.75 Å². The second-order valence-corrected chi connectivity index (χ2v) is 7.98. The van der Waals surface area contributed by atoms with Gasteiger partial charge in [0.25, 0.3) is 5.91 Å². The van der Waals surface area contributed by atoms with Gasteiger partial charge in [-0.1, -0.05) is 53.2 Å². The predicted molar refractivity (Wildman–Crippen MR) is 131 cm³/mol. The summed E-state index contributed by atoms with van der Waals surface area (Å²) in [6, 6.07) is 22.7. The molecule has 35 heavy (non-hydrogen) atoms. The van der Waals surface area contributed by atoms with E-state index < -0.39 is 0 Å². The van der Waals surface area contributed by atoms with E-state index in [2.05, 4.69) is 20.6 Å². The average molecular weight is 466 g/mol. The van der Waals surface area contributed by atoms with Gasteiger partial charge < -0.3 is 14.5 Å². The van der Waals surface area contributed by atoms with Crippen molar-refractivity contribution in [2.24, 2.45) is 0 Å². The zero-order valence-electron chi connectivity index (χ0n) is 19.3.